The van der Waals surface area contributed by atoms with E-state index >= 15 is 0 Å². The summed E-state index contributed by atoms with van der Waals surface area (Å²) in [5.74, 6) is 1.51. The standard InChI is InChI=1S/C19H20BrN5/c1-14-13-18(23-17-5-3-16(20)4-6-17)24-19(22-14)25(2)12-9-15-7-10-21-11-8-15/h3-8,10-11,13H,9,12H2,1-2H3,(H,22,23,24). The maximum Gasteiger partial charge on any atom is 0.227 e. The van der Waals surface area contributed by atoms with E-state index in [2.05, 4.69) is 41.1 Å². The summed E-state index contributed by atoms with van der Waals surface area (Å²) in [5.41, 5.74) is 3.18. The second kappa shape index (κ2) is 8.07. The first-order valence-electron chi connectivity index (χ1n) is 8.08. The molecule has 3 rings (SSSR count). The van der Waals surface area contributed by atoms with Gasteiger partial charge < -0.3 is 10.2 Å². The van der Waals surface area contributed by atoms with Gasteiger partial charge in [-0.15, -0.1) is 0 Å². The summed E-state index contributed by atoms with van der Waals surface area (Å²) in [7, 11) is 2.01. The monoisotopic (exact) mass is 397 g/mol. The van der Waals surface area contributed by atoms with Crippen molar-refractivity contribution < 1.29 is 0 Å². The highest BCUT2D eigenvalue weighted by atomic mass is 79.9. The molecule has 128 valence electrons. The zero-order valence-electron chi connectivity index (χ0n) is 14.3. The van der Waals surface area contributed by atoms with E-state index in [9.17, 15) is 0 Å². The normalized spacial score (nSPS) is 10.5. The van der Waals surface area contributed by atoms with Gasteiger partial charge >= 0.3 is 0 Å². The molecule has 3 aromatic rings. The number of nitrogens with one attached hydrogen (secondary N) is 1. The first-order valence-corrected chi connectivity index (χ1v) is 8.88. The molecule has 6 heteroatoms. The van der Waals surface area contributed by atoms with Crippen molar-refractivity contribution in [1.82, 2.24) is 15.0 Å². The molecular weight excluding hydrogens is 378 g/mol. The van der Waals surface area contributed by atoms with Crippen molar-refractivity contribution in [2.24, 2.45) is 0 Å². The number of aryl methyl sites for hydroxylation is 1. The average molecular weight is 398 g/mol. The summed E-state index contributed by atoms with van der Waals surface area (Å²) in [6.07, 6.45) is 4.56. The van der Waals surface area contributed by atoms with Crippen LogP contribution in [-0.2, 0) is 6.42 Å². The highest BCUT2D eigenvalue weighted by molar-refractivity contribution is 9.10. The summed E-state index contributed by atoms with van der Waals surface area (Å²) < 4.78 is 1.05. The second-order valence-electron chi connectivity index (χ2n) is 5.85. The van der Waals surface area contributed by atoms with E-state index in [1.165, 1.54) is 5.56 Å². The Bertz CT molecular complexity index is 821. The van der Waals surface area contributed by atoms with Gasteiger partial charge in [-0.05, 0) is 55.3 Å². The van der Waals surface area contributed by atoms with Crippen LogP contribution in [0.25, 0.3) is 0 Å². The van der Waals surface area contributed by atoms with Gasteiger partial charge in [0, 0.05) is 47.9 Å². The van der Waals surface area contributed by atoms with Gasteiger partial charge in [0.25, 0.3) is 0 Å². The smallest absolute Gasteiger partial charge is 0.227 e. The Labute approximate surface area is 156 Å². The van der Waals surface area contributed by atoms with Crippen molar-refractivity contribution in [3.05, 3.63) is 70.6 Å². The number of rotatable bonds is 6. The van der Waals surface area contributed by atoms with Crippen LogP contribution >= 0.6 is 15.9 Å². The molecule has 0 fully saturated rings. The average Bonchev–Trinajstić information content (AvgIpc) is 2.62. The molecule has 0 aliphatic rings. The third kappa shape index (κ3) is 5.00. The van der Waals surface area contributed by atoms with E-state index in [0.29, 0.717) is 5.95 Å². The van der Waals surface area contributed by atoms with Gasteiger partial charge in [0.05, 0.1) is 0 Å². The van der Waals surface area contributed by atoms with E-state index < -0.39 is 0 Å². The zero-order valence-corrected chi connectivity index (χ0v) is 15.9. The third-order valence-electron chi connectivity index (χ3n) is 3.79. The zero-order chi connectivity index (χ0) is 17.6. The quantitative estimate of drug-likeness (QED) is 0.669. The van der Waals surface area contributed by atoms with Crippen LogP contribution < -0.4 is 10.2 Å². The van der Waals surface area contributed by atoms with Crippen LogP contribution in [0.15, 0.2) is 59.3 Å². The summed E-state index contributed by atoms with van der Waals surface area (Å²) in [6.45, 7) is 2.82. The number of nitrogens with zero attached hydrogens (tertiary/aromatic N) is 4. The molecule has 0 saturated carbocycles. The molecule has 1 N–H and O–H groups in total. The molecule has 0 saturated heterocycles. The van der Waals surface area contributed by atoms with Crippen LogP contribution in [0.3, 0.4) is 0 Å². The first kappa shape index (κ1) is 17.4. The molecule has 0 amide bonds. The minimum atomic E-state index is 0.716. The molecule has 0 atom stereocenters. The maximum absolute atomic E-state index is 4.64. The molecule has 1 aromatic carbocycles. The van der Waals surface area contributed by atoms with Crippen molar-refractivity contribution >= 4 is 33.4 Å². The molecule has 2 aromatic heterocycles. The first-order chi connectivity index (χ1) is 12.1. The fraction of sp³-hybridized carbons (Fsp3) is 0.211. The van der Waals surface area contributed by atoms with Crippen molar-refractivity contribution in [3.8, 4) is 0 Å². The van der Waals surface area contributed by atoms with Gasteiger partial charge in [-0.25, -0.2) is 4.98 Å². The molecule has 0 aliphatic heterocycles. The molecule has 25 heavy (non-hydrogen) atoms. The number of aromatic nitrogens is 3. The van der Waals surface area contributed by atoms with Gasteiger partial charge in [-0.3, -0.25) is 4.98 Å². The van der Waals surface area contributed by atoms with Crippen molar-refractivity contribution in [3.63, 3.8) is 0 Å². The van der Waals surface area contributed by atoms with Crippen LogP contribution in [0.1, 0.15) is 11.3 Å². The number of benzene rings is 1. The Morgan fingerprint density at radius 3 is 2.48 bits per heavy atom. The predicted octanol–water partition coefficient (Wildman–Crippen LogP) is 4.37. The topological polar surface area (TPSA) is 53.9 Å². The summed E-state index contributed by atoms with van der Waals surface area (Å²) in [5, 5.41) is 3.33. The third-order valence-corrected chi connectivity index (χ3v) is 4.31. The van der Waals surface area contributed by atoms with Crippen LogP contribution in [0.5, 0.6) is 0 Å². The second-order valence-corrected chi connectivity index (χ2v) is 6.77. The summed E-state index contributed by atoms with van der Waals surface area (Å²) >= 11 is 3.45. The molecular formula is C19H20BrN5. The van der Waals surface area contributed by atoms with E-state index in [1.54, 1.807) is 0 Å². The van der Waals surface area contributed by atoms with E-state index in [-0.39, 0.29) is 0 Å². The van der Waals surface area contributed by atoms with Gasteiger partial charge in [-0.2, -0.15) is 4.98 Å². The molecule has 0 bridgehead atoms. The van der Waals surface area contributed by atoms with Gasteiger partial charge in [0.15, 0.2) is 0 Å². The fourth-order valence-corrected chi connectivity index (χ4v) is 2.68. The number of likely N-dealkylation sites (N-methyl/N-ethyl adjacent to an activating group) is 1. The lowest BCUT2D eigenvalue weighted by Crippen LogP contribution is -2.23. The van der Waals surface area contributed by atoms with E-state index in [1.807, 2.05) is 68.8 Å². The fourth-order valence-electron chi connectivity index (χ4n) is 2.41. The largest absolute Gasteiger partial charge is 0.343 e. The van der Waals surface area contributed by atoms with Crippen LogP contribution in [-0.4, -0.2) is 28.5 Å². The van der Waals surface area contributed by atoms with Crippen molar-refractivity contribution in [1.29, 1.82) is 0 Å². The number of anilines is 3. The van der Waals surface area contributed by atoms with E-state index in [0.717, 1.165) is 34.6 Å². The lowest BCUT2D eigenvalue weighted by molar-refractivity contribution is 0.833. The van der Waals surface area contributed by atoms with E-state index in [4.69, 9.17) is 0 Å². The van der Waals surface area contributed by atoms with Crippen molar-refractivity contribution in [2.45, 2.75) is 13.3 Å². The van der Waals surface area contributed by atoms with Crippen LogP contribution in [0, 0.1) is 6.92 Å². The lowest BCUT2D eigenvalue weighted by Gasteiger charge is -2.18. The number of hydrogen-bond donors (Lipinski definition) is 1. The molecule has 0 radical (unpaired) electrons. The van der Waals surface area contributed by atoms with Crippen LogP contribution in [0.2, 0.25) is 0 Å². The molecule has 2 heterocycles. The van der Waals surface area contributed by atoms with Gasteiger partial charge in [0.1, 0.15) is 5.82 Å². The van der Waals surface area contributed by atoms with Crippen LogP contribution in [0.4, 0.5) is 17.5 Å². The minimum Gasteiger partial charge on any atom is -0.343 e. The lowest BCUT2D eigenvalue weighted by atomic mass is 10.2. The number of pyridine rings is 1. The molecule has 0 spiro atoms. The Hall–Kier alpha value is -2.47. The van der Waals surface area contributed by atoms with Gasteiger partial charge in [0.2, 0.25) is 5.95 Å². The highest BCUT2D eigenvalue weighted by Gasteiger charge is 2.08. The predicted molar refractivity (Wildman–Crippen MR) is 105 cm³/mol. The SMILES string of the molecule is Cc1cc(Nc2ccc(Br)cc2)nc(N(C)CCc2ccncc2)n1. The maximum atomic E-state index is 4.64. The number of halogens is 1. The Balaban J connectivity index is 1.70. The Morgan fingerprint density at radius 2 is 1.76 bits per heavy atom. The summed E-state index contributed by atoms with van der Waals surface area (Å²) in [6, 6.07) is 14.0. The molecule has 0 aliphatic carbocycles. The number of hydrogen-bond acceptors (Lipinski definition) is 5. The van der Waals surface area contributed by atoms with Crippen molar-refractivity contribution in [2.75, 3.05) is 23.8 Å². The molecule has 0 unspecified atom stereocenters. The molecule has 5 nitrogen and oxygen atoms in total. The highest BCUT2D eigenvalue weighted by Crippen LogP contribution is 2.20. The van der Waals surface area contributed by atoms with Gasteiger partial charge in [-0.1, -0.05) is 15.9 Å². The summed E-state index contributed by atoms with van der Waals surface area (Å²) in [4.78, 5) is 15.3. The minimum absolute atomic E-state index is 0.716. The Kier molecular flexibility index (Phi) is 5.60. The Morgan fingerprint density at radius 1 is 1.04 bits per heavy atom.